The highest BCUT2D eigenvalue weighted by Crippen LogP contribution is 2.32. The molecule has 35 heavy (non-hydrogen) atoms. The molecule has 0 atom stereocenters. The first-order chi connectivity index (χ1) is 16.8. The molecule has 0 aliphatic carbocycles. The van der Waals surface area contributed by atoms with Crippen molar-refractivity contribution in [1.29, 1.82) is 0 Å². The van der Waals surface area contributed by atoms with Crippen molar-refractivity contribution >= 4 is 34.6 Å². The summed E-state index contributed by atoms with van der Waals surface area (Å²) in [4.78, 5) is 33.6. The van der Waals surface area contributed by atoms with Gasteiger partial charge in [-0.3, -0.25) is 9.59 Å². The van der Waals surface area contributed by atoms with E-state index < -0.39 is 0 Å². The van der Waals surface area contributed by atoms with Crippen molar-refractivity contribution < 1.29 is 9.59 Å². The summed E-state index contributed by atoms with van der Waals surface area (Å²) in [6.45, 7) is 11.3. The fourth-order valence-corrected chi connectivity index (χ4v) is 4.25. The number of ketones is 1. The monoisotopic (exact) mass is 472 g/mol. The normalized spacial score (nSPS) is 10.7. The zero-order chi connectivity index (χ0) is 25.5. The molecular formula is C29H36N4O2. The first kappa shape index (κ1) is 25.9. The van der Waals surface area contributed by atoms with Gasteiger partial charge in [-0.2, -0.15) is 0 Å². The lowest BCUT2D eigenvalue weighted by atomic mass is 10.1. The second kappa shape index (κ2) is 11.6. The number of hydrogen-bond acceptors (Lipinski definition) is 5. The van der Waals surface area contributed by atoms with E-state index in [2.05, 4.69) is 24.1 Å². The predicted molar refractivity (Wildman–Crippen MR) is 144 cm³/mol. The molecule has 0 radical (unpaired) electrons. The summed E-state index contributed by atoms with van der Waals surface area (Å²) in [7, 11) is 1.96. The molecule has 0 fully saturated rings. The summed E-state index contributed by atoms with van der Waals surface area (Å²) in [5, 5.41) is 3.40. The Kier molecular flexibility index (Phi) is 8.63. The number of nitrogens with one attached hydrogen (secondary N) is 1. The summed E-state index contributed by atoms with van der Waals surface area (Å²) in [5.74, 6) is 0.794. The highest BCUT2D eigenvalue weighted by Gasteiger charge is 2.17. The first-order valence-electron chi connectivity index (χ1n) is 12.2. The third-order valence-electron chi connectivity index (χ3n) is 6.09. The van der Waals surface area contributed by atoms with Crippen LogP contribution in [0, 0.1) is 13.8 Å². The summed E-state index contributed by atoms with van der Waals surface area (Å²) in [6, 6.07) is 15.3. The van der Waals surface area contributed by atoms with Gasteiger partial charge in [0, 0.05) is 54.9 Å². The number of anilines is 4. The average molecular weight is 473 g/mol. The van der Waals surface area contributed by atoms with Gasteiger partial charge < -0.3 is 15.1 Å². The van der Waals surface area contributed by atoms with Crippen LogP contribution in [0.25, 0.3) is 0 Å². The van der Waals surface area contributed by atoms with E-state index in [1.165, 1.54) is 0 Å². The molecule has 1 aromatic heterocycles. The lowest BCUT2D eigenvalue weighted by Crippen LogP contribution is -2.32. The van der Waals surface area contributed by atoms with E-state index in [1.807, 2.05) is 85.4 Å². The Morgan fingerprint density at radius 1 is 0.914 bits per heavy atom. The molecule has 0 aliphatic heterocycles. The number of para-hydroxylation sites is 1. The van der Waals surface area contributed by atoms with Crippen LogP contribution >= 0.6 is 0 Å². The lowest BCUT2D eigenvalue weighted by molar-refractivity contribution is 0.0755. The van der Waals surface area contributed by atoms with Gasteiger partial charge in [0.15, 0.2) is 5.78 Å². The number of carbonyl (C=O) groups is 2. The van der Waals surface area contributed by atoms with Crippen LogP contribution in [-0.2, 0) is 0 Å². The minimum atomic E-state index is 0.0270. The third kappa shape index (κ3) is 6.07. The smallest absolute Gasteiger partial charge is 0.253 e. The molecule has 1 heterocycles. The van der Waals surface area contributed by atoms with E-state index in [0.29, 0.717) is 16.9 Å². The van der Waals surface area contributed by atoms with Crippen molar-refractivity contribution in [1.82, 2.24) is 9.88 Å². The van der Waals surface area contributed by atoms with Crippen LogP contribution in [0.1, 0.15) is 65.5 Å². The van der Waals surface area contributed by atoms with Gasteiger partial charge in [-0.15, -0.1) is 0 Å². The second-order valence-electron chi connectivity index (χ2n) is 8.94. The molecule has 3 rings (SSSR count). The standard InChI is InChI=1S/C29H36N4O2/c1-7-15-33(16-8-2)29(35)23-13-14-25(20(3)17-23)31-28-18-27(21(4)19-30-28)32(6)26-12-10-9-11-24(26)22(5)34/h9-14,17-19H,7-8,15-16H2,1-6H3,(H,30,31). The predicted octanol–water partition coefficient (Wildman–Crippen LogP) is 6.67. The summed E-state index contributed by atoms with van der Waals surface area (Å²) in [6.07, 6.45) is 3.71. The molecule has 184 valence electrons. The molecule has 3 aromatic rings. The quantitative estimate of drug-likeness (QED) is 0.334. The zero-order valence-corrected chi connectivity index (χ0v) is 21.7. The van der Waals surface area contributed by atoms with Crippen LogP contribution in [0.2, 0.25) is 0 Å². The van der Waals surface area contributed by atoms with Gasteiger partial charge in [-0.05, 0) is 75.1 Å². The summed E-state index contributed by atoms with van der Waals surface area (Å²) < 4.78 is 0. The Labute approximate surface area is 209 Å². The number of Topliss-reactive ketones (excluding diaryl/α,β-unsaturated/α-hetero) is 1. The maximum atomic E-state index is 13.0. The molecule has 0 bridgehead atoms. The fraction of sp³-hybridized carbons (Fsp3) is 0.345. The third-order valence-corrected chi connectivity index (χ3v) is 6.09. The number of pyridine rings is 1. The Morgan fingerprint density at radius 2 is 1.60 bits per heavy atom. The van der Waals surface area contributed by atoms with E-state index in [9.17, 15) is 9.59 Å². The van der Waals surface area contributed by atoms with Crippen molar-refractivity contribution in [2.75, 3.05) is 30.4 Å². The number of aryl methyl sites for hydroxylation is 2. The molecule has 0 saturated heterocycles. The van der Waals surface area contributed by atoms with Crippen LogP contribution in [0.15, 0.2) is 54.7 Å². The first-order valence-corrected chi connectivity index (χ1v) is 12.2. The van der Waals surface area contributed by atoms with Crippen molar-refractivity contribution in [3.63, 3.8) is 0 Å². The largest absolute Gasteiger partial charge is 0.344 e. The molecule has 0 unspecified atom stereocenters. The number of benzene rings is 2. The number of rotatable bonds is 10. The molecule has 1 N–H and O–H groups in total. The molecule has 2 aromatic carbocycles. The minimum Gasteiger partial charge on any atom is -0.344 e. The van der Waals surface area contributed by atoms with Gasteiger partial charge in [0.05, 0.1) is 5.69 Å². The van der Waals surface area contributed by atoms with E-state index in [-0.39, 0.29) is 11.7 Å². The number of carbonyl (C=O) groups excluding carboxylic acids is 2. The van der Waals surface area contributed by atoms with Crippen LogP contribution in [0.4, 0.5) is 22.9 Å². The average Bonchev–Trinajstić information content (AvgIpc) is 2.85. The molecule has 6 nitrogen and oxygen atoms in total. The second-order valence-corrected chi connectivity index (χ2v) is 8.94. The van der Waals surface area contributed by atoms with Crippen molar-refractivity contribution in [3.8, 4) is 0 Å². The minimum absolute atomic E-state index is 0.0270. The molecule has 6 heteroatoms. The fourth-order valence-electron chi connectivity index (χ4n) is 4.25. The maximum Gasteiger partial charge on any atom is 0.253 e. The number of hydrogen-bond donors (Lipinski definition) is 1. The van der Waals surface area contributed by atoms with Gasteiger partial charge in [-0.1, -0.05) is 26.0 Å². The molecule has 0 saturated carbocycles. The summed E-state index contributed by atoms with van der Waals surface area (Å²) >= 11 is 0. The molecular weight excluding hydrogens is 436 g/mol. The topological polar surface area (TPSA) is 65.5 Å². The van der Waals surface area contributed by atoms with Crippen LogP contribution in [0.5, 0.6) is 0 Å². The lowest BCUT2D eigenvalue weighted by Gasteiger charge is -2.24. The van der Waals surface area contributed by atoms with Gasteiger partial charge >= 0.3 is 0 Å². The van der Waals surface area contributed by atoms with Crippen LogP contribution in [-0.4, -0.2) is 41.7 Å². The number of aromatic nitrogens is 1. The highest BCUT2D eigenvalue weighted by atomic mass is 16.2. The zero-order valence-electron chi connectivity index (χ0n) is 21.7. The summed E-state index contributed by atoms with van der Waals surface area (Å²) in [5.41, 5.74) is 6.06. The van der Waals surface area contributed by atoms with Crippen LogP contribution in [0.3, 0.4) is 0 Å². The Bertz CT molecular complexity index is 1200. The SMILES string of the molecule is CCCN(CCC)C(=O)c1ccc(Nc2cc(N(C)c3ccccc3C(C)=O)c(C)cn2)c(C)c1. The Morgan fingerprint density at radius 3 is 2.23 bits per heavy atom. The van der Waals surface area contributed by atoms with Gasteiger partial charge in [0.1, 0.15) is 5.82 Å². The van der Waals surface area contributed by atoms with Crippen molar-refractivity contribution in [2.45, 2.75) is 47.5 Å². The maximum absolute atomic E-state index is 13.0. The van der Waals surface area contributed by atoms with Crippen molar-refractivity contribution in [3.05, 3.63) is 77.0 Å². The molecule has 0 aliphatic rings. The van der Waals surface area contributed by atoms with E-state index in [4.69, 9.17) is 0 Å². The van der Waals surface area contributed by atoms with Gasteiger partial charge in [-0.25, -0.2) is 4.98 Å². The van der Waals surface area contributed by atoms with Gasteiger partial charge in [0.2, 0.25) is 0 Å². The molecule has 0 spiro atoms. The Hall–Kier alpha value is -3.67. The number of nitrogens with zero attached hydrogens (tertiary/aromatic N) is 3. The van der Waals surface area contributed by atoms with Gasteiger partial charge in [0.25, 0.3) is 5.91 Å². The van der Waals surface area contributed by atoms with Crippen molar-refractivity contribution in [2.24, 2.45) is 0 Å². The van der Waals surface area contributed by atoms with E-state index >= 15 is 0 Å². The highest BCUT2D eigenvalue weighted by molar-refractivity contribution is 6.00. The van der Waals surface area contributed by atoms with Crippen LogP contribution < -0.4 is 10.2 Å². The van der Waals surface area contributed by atoms with E-state index in [0.717, 1.165) is 54.1 Å². The molecule has 1 amide bonds. The Balaban J connectivity index is 1.86. The van der Waals surface area contributed by atoms with E-state index in [1.54, 1.807) is 6.92 Å². The number of amides is 1.